The van der Waals surface area contributed by atoms with Gasteiger partial charge in [0.15, 0.2) is 0 Å². The molecule has 27 heavy (non-hydrogen) atoms. The van der Waals surface area contributed by atoms with Crippen LogP contribution in [0.25, 0.3) is 11.4 Å². The highest BCUT2D eigenvalue weighted by atomic mass is 16.5. The van der Waals surface area contributed by atoms with Gasteiger partial charge in [0.05, 0.1) is 18.4 Å². The Kier molecular flexibility index (Phi) is 5.54. The summed E-state index contributed by atoms with van der Waals surface area (Å²) in [7, 11) is 3.51. The molecule has 3 rings (SSSR count). The van der Waals surface area contributed by atoms with Crippen LogP contribution in [0.5, 0.6) is 5.88 Å². The van der Waals surface area contributed by atoms with E-state index in [1.54, 1.807) is 18.0 Å². The molecule has 0 saturated heterocycles. The fourth-order valence-corrected chi connectivity index (χ4v) is 2.97. The minimum Gasteiger partial charge on any atom is -0.481 e. The van der Waals surface area contributed by atoms with E-state index < -0.39 is 0 Å². The van der Waals surface area contributed by atoms with E-state index in [0.717, 1.165) is 40.6 Å². The van der Waals surface area contributed by atoms with Gasteiger partial charge in [0.25, 0.3) is 5.56 Å². The van der Waals surface area contributed by atoms with Gasteiger partial charge in [-0.3, -0.25) is 4.79 Å². The normalized spacial score (nSPS) is 10.8. The summed E-state index contributed by atoms with van der Waals surface area (Å²) >= 11 is 0. The van der Waals surface area contributed by atoms with Crippen molar-refractivity contribution in [2.75, 3.05) is 12.4 Å². The highest BCUT2D eigenvalue weighted by Gasteiger charge is 2.15. The molecule has 0 aromatic carbocycles. The van der Waals surface area contributed by atoms with Crippen LogP contribution in [0.4, 0.5) is 5.82 Å². The average Bonchev–Trinajstić information content (AvgIpc) is 3.00. The summed E-state index contributed by atoms with van der Waals surface area (Å²) in [6, 6.07) is 5.26. The Bertz CT molecular complexity index is 975. The van der Waals surface area contributed by atoms with Gasteiger partial charge in [0.1, 0.15) is 11.6 Å². The highest BCUT2D eigenvalue weighted by molar-refractivity contribution is 5.56. The van der Waals surface area contributed by atoms with E-state index in [1.165, 1.54) is 6.07 Å². The Morgan fingerprint density at radius 3 is 2.70 bits per heavy atom. The molecule has 0 unspecified atom stereocenters. The third-order valence-corrected chi connectivity index (χ3v) is 4.34. The lowest BCUT2D eigenvalue weighted by atomic mass is 10.2. The second-order valence-corrected chi connectivity index (χ2v) is 6.14. The zero-order valence-corrected chi connectivity index (χ0v) is 16.0. The molecule has 2 N–H and O–H groups in total. The number of hydrogen-bond acceptors (Lipinski definition) is 6. The molecule has 0 spiro atoms. The van der Waals surface area contributed by atoms with Crippen LogP contribution in [-0.4, -0.2) is 31.8 Å². The number of pyridine rings is 1. The van der Waals surface area contributed by atoms with Crippen molar-refractivity contribution in [1.29, 1.82) is 0 Å². The van der Waals surface area contributed by atoms with Crippen molar-refractivity contribution in [2.45, 2.75) is 33.2 Å². The molecule has 3 aromatic heterocycles. The third kappa shape index (κ3) is 3.99. The molecule has 8 heteroatoms. The van der Waals surface area contributed by atoms with Crippen molar-refractivity contribution in [3.63, 3.8) is 0 Å². The van der Waals surface area contributed by atoms with Crippen molar-refractivity contribution >= 4 is 5.82 Å². The summed E-state index contributed by atoms with van der Waals surface area (Å²) in [5, 5.41) is 7.78. The van der Waals surface area contributed by atoms with Gasteiger partial charge in [0, 0.05) is 37.1 Å². The van der Waals surface area contributed by atoms with E-state index in [4.69, 9.17) is 4.74 Å². The van der Waals surface area contributed by atoms with Gasteiger partial charge >= 0.3 is 0 Å². The molecule has 0 aliphatic heterocycles. The zero-order chi connectivity index (χ0) is 19.4. The number of anilines is 1. The lowest BCUT2D eigenvalue weighted by Crippen LogP contribution is -2.10. The maximum absolute atomic E-state index is 11.7. The van der Waals surface area contributed by atoms with Crippen LogP contribution < -0.4 is 15.6 Å². The van der Waals surface area contributed by atoms with E-state index in [2.05, 4.69) is 32.3 Å². The average molecular weight is 368 g/mol. The van der Waals surface area contributed by atoms with Crippen LogP contribution in [-0.2, 0) is 26.4 Å². The van der Waals surface area contributed by atoms with E-state index in [9.17, 15) is 4.79 Å². The summed E-state index contributed by atoms with van der Waals surface area (Å²) in [5.74, 6) is 2.00. The first kappa shape index (κ1) is 18.6. The number of methoxy groups -OCH3 is 1. The van der Waals surface area contributed by atoms with Gasteiger partial charge in [-0.15, -0.1) is 0 Å². The third-order valence-electron chi connectivity index (χ3n) is 4.34. The molecule has 8 nitrogen and oxygen atoms in total. The Morgan fingerprint density at radius 2 is 2.07 bits per heavy atom. The van der Waals surface area contributed by atoms with E-state index in [0.29, 0.717) is 18.8 Å². The zero-order valence-electron chi connectivity index (χ0n) is 16.0. The molecule has 0 atom stereocenters. The Balaban J connectivity index is 1.77. The summed E-state index contributed by atoms with van der Waals surface area (Å²) in [6.07, 6.45) is 3.23. The Labute approximate surface area is 157 Å². The predicted octanol–water partition coefficient (Wildman–Crippen LogP) is 2.31. The number of aromatic amines is 1. The lowest BCUT2D eigenvalue weighted by molar-refractivity contribution is 0.369. The van der Waals surface area contributed by atoms with Crippen LogP contribution in [0.3, 0.4) is 0 Å². The van der Waals surface area contributed by atoms with Crippen LogP contribution in [0.15, 0.2) is 29.2 Å². The van der Waals surface area contributed by atoms with Gasteiger partial charge in [0.2, 0.25) is 5.88 Å². The molecule has 142 valence electrons. The predicted molar refractivity (Wildman–Crippen MR) is 104 cm³/mol. The molecule has 0 aliphatic carbocycles. The van der Waals surface area contributed by atoms with E-state index in [1.807, 2.05) is 26.1 Å². The Morgan fingerprint density at radius 1 is 1.26 bits per heavy atom. The Hall–Kier alpha value is -3.16. The van der Waals surface area contributed by atoms with Crippen molar-refractivity contribution < 1.29 is 4.74 Å². The molecular formula is C19H24N6O2. The molecule has 3 aromatic rings. The monoisotopic (exact) mass is 368 g/mol. The summed E-state index contributed by atoms with van der Waals surface area (Å²) in [6.45, 7) is 4.59. The van der Waals surface area contributed by atoms with Gasteiger partial charge in [-0.2, -0.15) is 5.10 Å². The first-order chi connectivity index (χ1) is 13.0. The first-order valence-electron chi connectivity index (χ1n) is 8.95. The second kappa shape index (κ2) is 8.03. The topological polar surface area (TPSA) is 97.7 Å². The molecule has 0 aliphatic rings. The highest BCUT2D eigenvalue weighted by Crippen LogP contribution is 2.23. The maximum Gasteiger partial charge on any atom is 0.251 e. The van der Waals surface area contributed by atoms with Crippen molar-refractivity contribution in [3.8, 4) is 17.3 Å². The molecule has 0 bridgehead atoms. The number of hydrogen-bond donors (Lipinski definition) is 2. The molecule has 0 amide bonds. The number of rotatable bonds is 7. The van der Waals surface area contributed by atoms with Crippen molar-refractivity contribution in [1.82, 2.24) is 24.7 Å². The van der Waals surface area contributed by atoms with Crippen LogP contribution in [0.2, 0.25) is 0 Å². The summed E-state index contributed by atoms with van der Waals surface area (Å²) in [4.78, 5) is 23.4. The van der Waals surface area contributed by atoms with E-state index >= 15 is 0 Å². The fourth-order valence-electron chi connectivity index (χ4n) is 2.97. The molecule has 3 heterocycles. The molecular weight excluding hydrogens is 344 g/mol. The summed E-state index contributed by atoms with van der Waals surface area (Å²) in [5.41, 5.74) is 3.38. The van der Waals surface area contributed by atoms with Crippen molar-refractivity contribution in [2.24, 2.45) is 7.05 Å². The summed E-state index contributed by atoms with van der Waals surface area (Å²) < 4.78 is 7.20. The van der Waals surface area contributed by atoms with Crippen LogP contribution in [0.1, 0.15) is 30.8 Å². The van der Waals surface area contributed by atoms with Gasteiger partial charge in [-0.05, 0) is 25.0 Å². The largest absolute Gasteiger partial charge is 0.481 e. The van der Waals surface area contributed by atoms with Crippen LogP contribution in [0, 0.1) is 0 Å². The standard InChI is InChI=1S/C19H24N6O2/c1-5-13-9-17(26)23-18(22-13)12-7-8-16(20-10-12)21-11-14-15(6-2)24-25(3)19(14)27-4/h7-10H,5-6,11H2,1-4H3,(H,20,21)(H,22,23,26). The second-order valence-electron chi connectivity index (χ2n) is 6.14. The van der Waals surface area contributed by atoms with E-state index in [-0.39, 0.29) is 5.56 Å². The van der Waals surface area contributed by atoms with Crippen molar-refractivity contribution in [3.05, 3.63) is 51.7 Å². The molecule has 0 saturated carbocycles. The SMILES string of the molecule is CCc1cc(=O)[nH]c(-c2ccc(NCc3c(CC)nn(C)c3OC)nc2)n1. The number of ether oxygens (including phenoxy) is 1. The number of aromatic nitrogens is 5. The molecule has 0 fully saturated rings. The number of aryl methyl sites for hydroxylation is 3. The molecule has 0 radical (unpaired) electrons. The first-order valence-corrected chi connectivity index (χ1v) is 8.95. The quantitative estimate of drug-likeness (QED) is 0.664. The minimum atomic E-state index is -0.158. The van der Waals surface area contributed by atoms with Gasteiger partial charge in [-0.25, -0.2) is 14.6 Å². The maximum atomic E-state index is 11.7. The smallest absolute Gasteiger partial charge is 0.251 e. The van der Waals surface area contributed by atoms with Gasteiger partial charge < -0.3 is 15.0 Å². The number of nitrogens with one attached hydrogen (secondary N) is 2. The number of H-pyrrole nitrogens is 1. The van der Waals surface area contributed by atoms with Gasteiger partial charge in [-0.1, -0.05) is 13.8 Å². The van der Waals surface area contributed by atoms with Crippen LogP contribution >= 0.6 is 0 Å². The lowest BCUT2D eigenvalue weighted by Gasteiger charge is -2.09. The fraction of sp³-hybridized carbons (Fsp3) is 0.368. The number of nitrogens with zero attached hydrogens (tertiary/aromatic N) is 4. The minimum absolute atomic E-state index is 0.158.